The summed E-state index contributed by atoms with van der Waals surface area (Å²) in [7, 11) is 0. The van der Waals surface area contributed by atoms with E-state index in [0.717, 1.165) is 69.3 Å². The number of hydrogen-bond donors (Lipinski definition) is 2. The molecule has 4 aliphatic rings. The first-order chi connectivity index (χ1) is 19.6. The maximum Gasteiger partial charge on any atom is 0.0917 e. The molecular weight excluding hydrogens is 494 g/mol. The average molecular weight is 542 g/mol. The van der Waals surface area contributed by atoms with Crippen molar-refractivity contribution in [3.63, 3.8) is 0 Å². The Morgan fingerprint density at radius 1 is 0.875 bits per heavy atom. The maximum atomic E-state index is 10.6. The van der Waals surface area contributed by atoms with Crippen molar-refractivity contribution < 1.29 is 10.2 Å². The van der Waals surface area contributed by atoms with E-state index in [1.807, 2.05) is 0 Å². The van der Waals surface area contributed by atoms with E-state index in [4.69, 9.17) is 9.98 Å². The van der Waals surface area contributed by atoms with Gasteiger partial charge in [0, 0.05) is 31.3 Å². The van der Waals surface area contributed by atoms with E-state index in [0.29, 0.717) is 17.9 Å². The van der Waals surface area contributed by atoms with Gasteiger partial charge in [-0.2, -0.15) is 0 Å². The third-order valence-corrected chi connectivity index (χ3v) is 10.3. The summed E-state index contributed by atoms with van der Waals surface area (Å²) in [5.41, 5.74) is 8.96. The summed E-state index contributed by atoms with van der Waals surface area (Å²) in [4.78, 5) is 12.4. The Morgan fingerprint density at radius 3 is 2.50 bits per heavy atom. The fraction of sp³-hybridized carbons (Fsp3) is 0.600. The molecule has 4 atom stereocenters. The van der Waals surface area contributed by atoms with Crippen LogP contribution in [0, 0.1) is 5.92 Å². The van der Waals surface area contributed by atoms with Crippen LogP contribution < -0.4 is 0 Å². The highest BCUT2D eigenvalue weighted by atomic mass is 16.3. The van der Waals surface area contributed by atoms with E-state index in [2.05, 4.69) is 54.7 Å². The second kappa shape index (κ2) is 12.6. The largest absolute Gasteiger partial charge is 0.396 e. The van der Waals surface area contributed by atoms with Crippen molar-refractivity contribution in [3.05, 3.63) is 47.0 Å². The summed E-state index contributed by atoms with van der Waals surface area (Å²) >= 11 is 0. The zero-order valence-electron chi connectivity index (χ0n) is 24.3. The summed E-state index contributed by atoms with van der Waals surface area (Å²) in [6, 6.07) is 12.4. The molecule has 0 saturated heterocycles. The van der Waals surface area contributed by atoms with Crippen molar-refractivity contribution in [2.45, 2.75) is 121 Å². The van der Waals surface area contributed by atoms with Crippen LogP contribution in [0.5, 0.6) is 0 Å². The number of benzene rings is 2. The van der Waals surface area contributed by atoms with Crippen molar-refractivity contribution in [2.75, 3.05) is 6.61 Å². The Bertz CT molecular complexity index is 1230. The quantitative estimate of drug-likeness (QED) is 0.401. The van der Waals surface area contributed by atoms with Crippen LogP contribution in [0.2, 0.25) is 0 Å². The highest BCUT2D eigenvalue weighted by molar-refractivity contribution is 5.82. The van der Waals surface area contributed by atoms with Gasteiger partial charge < -0.3 is 15.1 Å². The van der Waals surface area contributed by atoms with Crippen LogP contribution in [0.25, 0.3) is 11.1 Å². The lowest BCUT2D eigenvalue weighted by atomic mass is 9.80. The number of nitrogens with zero attached hydrogens (tertiary/aromatic N) is 3. The van der Waals surface area contributed by atoms with Crippen LogP contribution >= 0.6 is 0 Å². The van der Waals surface area contributed by atoms with Crippen LogP contribution in [-0.4, -0.2) is 46.4 Å². The third-order valence-electron chi connectivity index (χ3n) is 10.3. The molecule has 6 rings (SSSR count). The summed E-state index contributed by atoms with van der Waals surface area (Å²) in [6.45, 7) is 3.34. The van der Waals surface area contributed by atoms with Gasteiger partial charge in [-0.25, -0.2) is 4.99 Å². The van der Waals surface area contributed by atoms with E-state index in [-0.39, 0.29) is 18.6 Å². The summed E-state index contributed by atoms with van der Waals surface area (Å²) in [6.07, 6.45) is 18.4. The maximum absolute atomic E-state index is 10.6. The number of aliphatic imine (C=N–C) groups is 2. The number of aliphatic hydroxyl groups excluding tert-OH is 2. The van der Waals surface area contributed by atoms with Crippen molar-refractivity contribution in [3.8, 4) is 11.1 Å². The van der Waals surface area contributed by atoms with E-state index in [1.54, 1.807) is 0 Å². The van der Waals surface area contributed by atoms with Crippen molar-refractivity contribution in [1.29, 1.82) is 0 Å². The van der Waals surface area contributed by atoms with E-state index in [1.165, 1.54) is 59.9 Å². The van der Waals surface area contributed by atoms with E-state index >= 15 is 0 Å². The number of aliphatic hydroxyl groups is 2. The first kappa shape index (κ1) is 27.7. The molecule has 2 aliphatic carbocycles. The standard InChI is InChI=1S/C35H47N3O2/c1-2-24-16-17-36-33-20-29(25-8-6-10-28(22-39)34(40)13-7-9-25)18-31(35(24)33)26-14-15-27-21-38(23-37-32(27)19-26)30-11-4-3-5-12-30/h14-15,17-20,23-25,28,30,34,39-40H,2-13,16,21-22H2,1H3. The predicted octanol–water partition coefficient (Wildman–Crippen LogP) is 8.17. The van der Waals surface area contributed by atoms with Gasteiger partial charge in [0.15, 0.2) is 0 Å². The Morgan fingerprint density at radius 2 is 1.70 bits per heavy atom. The fourth-order valence-electron chi connectivity index (χ4n) is 7.75. The predicted molar refractivity (Wildman–Crippen MR) is 165 cm³/mol. The molecule has 214 valence electrons. The van der Waals surface area contributed by atoms with Gasteiger partial charge in [0.25, 0.3) is 0 Å². The molecule has 0 amide bonds. The minimum Gasteiger partial charge on any atom is -0.396 e. The highest BCUT2D eigenvalue weighted by Gasteiger charge is 2.28. The van der Waals surface area contributed by atoms with Gasteiger partial charge in [-0.1, -0.05) is 57.2 Å². The molecule has 4 unspecified atom stereocenters. The zero-order chi connectivity index (χ0) is 27.5. The second-order valence-corrected chi connectivity index (χ2v) is 12.8. The van der Waals surface area contributed by atoms with E-state index < -0.39 is 0 Å². The molecule has 2 aromatic rings. The Balaban J connectivity index is 1.33. The molecule has 5 nitrogen and oxygen atoms in total. The average Bonchev–Trinajstić information content (AvgIpc) is 3.10. The molecule has 0 aromatic heterocycles. The third kappa shape index (κ3) is 5.78. The van der Waals surface area contributed by atoms with Crippen LogP contribution in [-0.2, 0) is 6.54 Å². The Kier molecular flexibility index (Phi) is 8.69. The van der Waals surface area contributed by atoms with Crippen molar-refractivity contribution in [2.24, 2.45) is 15.9 Å². The Hall–Kier alpha value is -2.50. The molecule has 2 aliphatic heterocycles. The summed E-state index contributed by atoms with van der Waals surface area (Å²) in [5.74, 6) is 0.947. The monoisotopic (exact) mass is 541 g/mol. The first-order valence-electron chi connectivity index (χ1n) is 16.1. The lowest BCUT2D eigenvalue weighted by Crippen LogP contribution is -2.36. The highest BCUT2D eigenvalue weighted by Crippen LogP contribution is 2.46. The van der Waals surface area contributed by atoms with Gasteiger partial charge in [0.05, 0.1) is 23.8 Å². The molecule has 40 heavy (non-hydrogen) atoms. The number of fused-ring (bicyclic) bond motifs is 2. The van der Waals surface area contributed by atoms with Crippen molar-refractivity contribution in [1.82, 2.24) is 4.90 Å². The molecule has 2 heterocycles. The van der Waals surface area contributed by atoms with Gasteiger partial charge in [-0.05, 0) is 103 Å². The molecule has 0 radical (unpaired) electrons. The van der Waals surface area contributed by atoms with Gasteiger partial charge in [0.2, 0.25) is 0 Å². The zero-order valence-corrected chi connectivity index (χ0v) is 24.3. The number of rotatable bonds is 5. The minimum absolute atomic E-state index is 0.0119. The molecular formula is C35H47N3O2. The van der Waals surface area contributed by atoms with Gasteiger partial charge in [-0.15, -0.1) is 0 Å². The molecule has 2 fully saturated rings. The molecule has 0 spiro atoms. The molecule has 2 N–H and O–H groups in total. The van der Waals surface area contributed by atoms with Gasteiger partial charge >= 0.3 is 0 Å². The summed E-state index contributed by atoms with van der Waals surface area (Å²) in [5, 5.41) is 20.3. The van der Waals surface area contributed by atoms with Crippen LogP contribution in [0.1, 0.15) is 119 Å². The SMILES string of the molecule is CCC1CC=Nc2cc(C3CCCC(O)C(CO)CCC3)cc(-c3ccc4c(c3)N=CN(C3CCCCC3)C4)c21. The van der Waals surface area contributed by atoms with Crippen LogP contribution in [0.15, 0.2) is 40.3 Å². The van der Waals surface area contributed by atoms with E-state index in [9.17, 15) is 10.2 Å². The van der Waals surface area contributed by atoms with Gasteiger partial charge in [0.1, 0.15) is 0 Å². The topological polar surface area (TPSA) is 68.4 Å². The molecule has 5 heteroatoms. The molecule has 2 saturated carbocycles. The molecule has 2 aromatic carbocycles. The van der Waals surface area contributed by atoms with Crippen LogP contribution in [0.3, 0.4) is 0 Å². The lowest BCUT2D eigenvalue weighted by molar-refractivity contribution is 0.0553. The first-order valence-corrected chi connectivity index (χ1v) is 16.1. The van der Waals surface area contributed by atoms with Crippen molar-refractivity contribution >= 4 is 23.9 Å². The summed E-state index contributed by atoms with van der Waals surface area (Å²) < 4.78 is 0. The van der Waals surface area contributed by atoms with Crippen LogP contribution in [0.4, 0.5) is 11.4 Å². The molecule has 0 bridgehead atoms. The second-order valence-electron chi connectivity index (χ2n) is 12.8. The number of hydrogen-bond acceptors (Lipinski definition) is 5. The lowest BCUT2D eigenvalue weighted by Gasteiger charge is -2.35. The fourth-order valence-corrected chi connectivity index (χ4v) is 7.75. The van der Waals surface area contributed by atoms with Gasteiger partial charge in [-0.3, -0.25) is 4.99 Å². The Labute approximate surface area is 240 Å². The minimum atomic E-state index is -0.386. The smallest absolute Gasteiger partial charge is 0.0917 e. The normalized spacial score (nSPS) is 27.4.